The van der Waals surface area contributed by atoms with Gasteiger partial charge >= 0.3 is 0 Å². The van der Waals surface area contributed by atoms with Crippen LogP contribution >= 0.6 is 0 Å². The van der Waals surface area contributed by atoms with E-state index in [0.29, 0.717) is 0 Å². The Labute approximate surface area is 312 Å². The summed E-state index contributed by atoms with van der Waals surface area (Å²) in [6, 6.07) is 73.9. The van der Waals surface area contributed by atoms with Gasteiger partial charge in [0.1, 0.15) is 0 Å². The van der Waals surface area contributed by atoms with E-state index in [4.69, 9.17) is 0 Å². The second-order valence-corrected chi connectivity index (χ2v) is 14.9. The van der Waals surface area contributed by atoms with Crippen LogP contribution in [0, 0.1) is 0 Å². The Morgan fingerprint density at radius 1 is 0.340 bits per heavy atom. The molecule has 0 amide bonds. The zero-order valence-corrected chi connectivity index (χ0v) is 30.0. The smallest absolute Gasteiger partial charge is 0.0720 e. The maximum absolute atomic E-state index is 2.48. The third-order valence-electron chi connectivity index (χ3n) is 11.7. The van der Waals surface area contributed by atoms with Gasteiger partial charge in [0.2, 0.25) is 0 Å². The van der Waals surface area contributed by atoms with Gasteiger partial charge in [-0.25, -0.2) is 0 Å². The Hall–Kier alpha value is -6.44. The summed E-state index contributed by atoms with van der Waals surface area (Å²) in [5, 5.41) is 0. The molecule has 53 heavy (non-hydrogen) atoms. The molecule has 1 spiro atoms. The average Bonchev–Trinajstić information content (AvgIpc) is 3.53. The lowest BCUT2D eigenvalue weighted by Gasteiger charge is -2.46. The first-order valence-electron chi connectivity index (χ1n) is 18.6. The topological polar surface area (TPSA) is 3.24 Å². The molecule has 0 saturated carbocycles. The number of hydrogen-bond acceptors (Lipinski definition) is 1. The Balaban J connectivity index is 1.29. The molecule has 1 heteroatoms. The van der Waals surface area contributed by atoms with Gasteiger partial charge in [0.15, 0.2) is 0 Å². The van der Waals surface area contributed by atoms with Crippen molar-refractivity contribution in [1.29, 1.82) is 0 Å². The highest BCUT2D eigenvalue weighted by molar-refractivity contribution is 5.98. The monoisotopic (exact) mass is 677 g/mol. The van der Waals surface area contributed by atoms with Crippen LogP contribution in [0.25, 0.3) is 33.4 Å². The van der Waals surface area contributed by atoms with E-state index in [9.17, 15) is 0 Å². The minimum Gasteiger partial charge on any atom is -0.310 e. The molecule has 0 radical (unpaired) electrons. The van der Waals surface area contributed by atoms with E-state index in [1.165, 1.54) is 72.4 Å². The second-order valence-electron chi connectivity index (χ2n) is 14.9. The van der Waals surface area contributed by atoms with Gasteiger partial charge in [-0.1, -0.05) is 184 Å². The van der Waals surface area contributed by atoms with Crippen LogP contribution in [0.5, 0.6) is 0 Å². The van der Waals surface area contributed by atoms with E-state index in [1.54, 1.807) is 0 Å². The van der Waals surface area contributed by atoms with Crippen molar-refractivity contribution in [3.63, 3.8) is 0 Å². The molecule has 252 valence electrons. The number of nitrogens with zero attached hydrogens (tertiary/aromatic N) is 1. The third kappa shape index (κ3) is 4.64. The highest BCUT2D eigenvalue weighted by Gasteiger charge is 2.53. The summed E-state index contributed by atoms with van der Waals surface area (Å²) in [5.41, 5.74) is 18.3. The SMILES string of the molecule is CC1(C)c2ccccc2C2(c3ccccc3-c3c(N(c4cccc(-c5ccccc5)c4)c4cccc(-c5ccccc5)c4)cccc32)c2ccccc21. The fourth-order valence-corrected chi connectivity index (χ4v) is 9.41. The average molecular weight is 678 g/mol. The molecule has 0 heterocycles. The summed E-state index contributed by atoms with van der Waals surface area (Å²) < 4.78 is 0. The minimum atomic E-state index is -0.464. The highest BCUT2D eigenvalue weighted by Crippen LogP contribution is 2.64. The lowest BCUT2D eigenvalue weighted by Crippen LogP contribution is -2.40. The molecule has 10 rings (SSSR count). The Morgan fingerprint density at radius 2 is 0.755 bits per heavy atom. The van der Waals surface area contributed by atoms with Crippen molar-refractivity contribution >= 4 is 17.1 Å². The number of fused-ring (bicyclic) bond motifs is 9. The molecule has 0 bridgehead atoms. The number of anilines is 3. The third-order valence-corrected chi connectivity index (χ3v) is 11.7. The van der Waals surface area contributed by atoms with Gasteiger partial charge < -0.3 is 4.90 Å². The molecule has 0 aliphatic heterocycles. The summed E-state index contributed by atoms with van der Waals surface area (Å²) in [6.07, 6.45) is 0. The number of hydrogen-bond donors (Lipinski definition) is 0. The molecular formula is C52H39N. The molecule has 0 saturated heterocycles. The molecule has 0 unspecified atom stereocenters. The van der Waals surface area contributed by atoms with Crippen LogP contribution < -0.4 is 4.90 Å². The molecular weight excluding hydrogens is 639 g/mol. The van der Waals surface area contributed by atoms with Crippen LogP contribution in [-0.2, 0) is 10.8 Å². The Kier molecular flexibility index (Phi) is 7.13. The quantitative estimate of drug-likeness (QED) is 0.175. The maximum atomic E-state index is 2.48. The summed E-state index contributed by atoms with van der Waals surface area (Å²) >= 11 is 0. The molecule has 2 aliphatic carbocycles. The van der Waals surface area contributed by atoms with E-state index < -0.39 is 5.41 Å². The van der Waals surface area contributed by atoms with Crippen LogP contribution in [0.3, 0.4) is 0 Å². The Morgan fingerprint density at radius 3 is 1.30 bits per heavy atom. The van der Waals surface area contributed by atoms with Crippen LogP contribution in [0.2, 0.25) is 0 Å². The van der Waals surface area contributed by atoms with Crippen molar-refractivity contribution in [1.82, 2.24) is 0 Å². The normalized spacial score (nSPS) is 14.2. The van der Waals surface area contributed by atoms with Gasteiger partial charge in [-0.3, -0.25) is 0 Å². The molecule has 0 aromatic heterocycles. The first-order valence-corrected chi connectivity index (χ1v) is 18.6. The van der Waals surface area contributed by atoms with Crippen molar-refractivity contribution in [2.45, 2.75) is 24.7 Å². The van der Waals surface area contributed by atoms with Gasteiger partial charge in [0.05, 0.1) is 11.1 Å². The standard InChI is InChI=1S/C52H39N/c1-51(2)44-28-11-13-30-46(44)52(47-31-14-12-29-45(47)51)43-27-10-9-26-42(43)50-48(52)32-17-33-49(50)53(40-24-15-22-38(34-40)36-18-5-3-6-19-36)41-25-16-23-39(35-41)37-20-7-4-8-21-37/h3-35H,1-2H3. The zero-order valence-electron chi connectivity index (χ0n) is 30.0. The largest absolute Gasteiger partial charge is 0.310 e. The Bertz CT molecular complexity index is 2520. The summed E-state index contributed by atoms with van der Waals surface area (Å²) in [4.78, 5) is 2.48. The molecule has 1 nitrogen and oxygen atoms in total. The number of rotatable bonds is 5. The molecule has 8 aromatic carbocycles. The van der Waals surface area contributed by atoms with Crippen molar-refractivity contribution in [2.24, 2.45) is 0 Å². The van der Waals surface area contributed by atoms with E-state index >= 15 is 0 Å². The molecule has 0 N–H and O–H groups in total. The lowest BCUT2D eigenvalue weighted by molar-refractivity contribution is 0.563. The zero-order chi connectivity index (χ0) is 35.6. The van der Waals surface area contributed by atoms with E-state index in [-0.39, 0.29) is 5.41 Å². The van der Waals surface area contributed by atoms with Gasteiger partial charge in [-0.05, 0) is 91.5 Å². The van der Waals surface area contributed by atoms with Gasteiger partial charge in [0, 0.05) is 22.4 Å². The lowest BCUT2D eigenvalue weighted by atomic mass is 9.55. The maximum Gasteiger partial charge on any atom is 0.0720 e. The molecule has 2 aliphatic rings. The fraction of sp³-hybridized carbons (Fsp3) is 0.0769. The highest BCUT2D eigenvalue weighted by atomic mass is 15.1. The molecule has 8 aromatic rings. The molecule has 0 fully saturated rings. The van der Waals surface area contributed by atoms with Gasteiger partial charge in [-0.15, -0.1) is 0 Å². The van der Waals surface area contributed by atoms with Crippen molar-refractivity contribution in [2.75, 3.05) is 4.90 Å². The summed E-state index contributed by atoms with van der Waals surface area (Å²) in [6.45, 7) is 4.77. The second kappa shape index (κ2) is 12.1. The van der Waals surface area contributed by atoms with E-state index in [1.807, 2.05) is 0 Å². The fourth-order valence-electron chi connectivity index (χ4n) is 9.41. The summed E-state index contributed by atoms with van der Waals surface area (Å²) in [7, 11) is 0. The van der Waals surface area contributed by atoms with E-state index in [0.717, 1.165) is 11.4 Å². The first-order chi connectivity index (χ1) is 26.1. The van der Waals surface area contributed by atoms with Gasteiger partial charge in [0.25, 0.3) is 0 Å². The van der Waals surface area contributed by atoms with Crippen LogP contribution in [0.15, 0.2) is 200 Å². The number of benzene rings is 8. The van der Waals surface area contributed by atoms with Crippen LogP contribution in [0.1, 0.15) is 47.2 Å². The first kappa shape index (κ1) is 31.3. The van der Waals surface area contributed by atoms with Crippen molar-refractivity contribution < 1.29 is 0 Å². The van der Waals surface area contributed by atoms with Crippen molar-refractivity contribution in [3.05, 3.63) is 234 Å². The minimum absolute atomic E-state index is 0.143. The van der Waals surface area contributed by atoms with Crippen LogP contribution in [-0.4, -0.2) is 0 Å². The van der Waals surface area contributed by atoms with Gasteiger partial charge in [-0.2, -0.15) is 0 Å². The summed E-state index contributed by atoms with van der Waals surface area (Å²) in [5.74, 6) is 0. The predicted molar refractivity (Wildman–Crippen MR) is 221 cm³/mol. The molecule has 0 atom stereocenters. The predicted octanol–water partition coefficient (Wildman–Crippen LogP) is 13.5. The van der Waals surface area contributed by atoms with Crippen molar-refractivity contribution in [3.8, 4) is 33.4 Å². The van der Waals surface area contributed by atoms with Crippen LogP contribution in [0.4, 0.5) is 17.1 Å². The van der Waals surface area contributed by atoms with E-state index in [2.05, 4.69) is 219 Å².